The lowest BCUT2D eigenvalue weighted by molar-refractivity contribution is -0.387. The molecule has 1 saturated heterocycles. The average Bonchev–Trinajstić information content (AvgIpc) is 3.28. The molecule has 158 valence electrons. The van der Waals surface area contributed by atoms with Crippen molar-refractivity contribution in [3.8, 4) is 0 Å². The van der Waals surface area contributed by atoms with Gasteiger partial charge in [-0.2, -0.15) is 4.98 Å². The normalized spacial score (nSPS) is 23.7. The molecular formula is C16H16N6O7S. The standard InChI is InChI=1S/C16H16N6O7S/c23-5-8-11(24)12(25)15(29-8)21-6-17-10-13(21)18-16(19-14(10)26)20-30-9-4-2-1-3-7(9)22(27)28/h1-4,6,8,11-12,15,23-25H,5H2,(H2,18,19,20,26). The Morgan fingerprint density at radius 1 is 1.33 bits per heavy atom. The van der Waals surface area contributed by atoms with Crippen molar-refractivity contribution in [3.63, 3.8) is 0 Å². The second kappa shape index (κ2) is 8.00. The lowest BCUT2D eigenvalue weighted by Gasteiger charge is -2.16. The number of imidazole rings is 1. The number of fused-ring (bicyclic) bond motifs is 1. The van der Waals surface area contributed by atoms with Gasteiger partial charge in [0.25, 0.3) is 11.2 Å². The van der Waals surface area contributed by atoms with Gasteiger partial charge >= 0.3 is 0 Å². The zero-order valence-electron chi connectivity index (χ0n) is 15.1. The number of ether oxygens (including phenoxy) is 1. The Labute approximate surface area is 171 Å². The molecule has 1 aliphatic heterocycles. The summed E-state index contributed by atoms with van der Waals surface area (Å²) in [7, 11) is 0. The van der Waals surface area contributed by atoms with Crippen molar-refractivity contribution in [1.82, 2.24) is 19.5 Å². The van der Waals surface area contributed by atoms with Crippen molar-refractivity contribution in [3.05, 3.63) is 51.1 Å². The van der Waals surface area contributed by atoms with Crippen molar-refractivity contribution in [2.45, 2.75) is 29.4 Å². The average molecular weight is 436 g/mol. The van der Waals surface area contributed by atoms with Crippen molar-refractivity contribution in [2.24, 2.45) is 0 Å². The van der Waals surface area contributed by atoms with E-state index in [0.717, 1.165) is 11.9 Å². The summed E-state index contributed by atoms with van der Waals surface area (Å²) in [6.45, 7) is -0.505. The van der Waals surface area contributed by atoms with Crippen LogP contribution in [-0.2, 0) is 4.74 Å². The van der Waals surface area contributed by atoms with Gasteiger partial charge in [0.05, 0.1) is 17.9 Å². The first-order chi connectivity index (χ1) is 14.4. The van der Waals surface area contributed by atoms with Crippen LogP contribution in [0.1, 0.15) is 6.23 Å². The fourth-order valence-corrected chi connectivity index (χ4v) is 3.77. The number of hydrogen-bond acceptors (Lipinski definition) is 11. The Morgan fingerprint density at radius 3 is 2.80 bits per heavy atom. The fourth-order valence-electron chi connectivity index (χ4n) is 3.07. The predicted molar refractivity (Wildman–Crippen MR) is 104 cm³/mol. The molecule has 0 aliphatic carbocycles. The van der Waals surface area contributed by atoms with Gasteiger partial charge in [0.15, 0.2) is 17.4 Å². The predicted octanol–water partition coefficient (Wildman–Crippen LogP) is -0.242. The number of nitro benzene ring substituents is 1. The Bertz CT molecular complexity index is 1150. The number of rotatable bonds is 6. The van der Waals surface area contributed by atoms with E-state index < -0.39 is 41.6 Å². The molecule has 0 spiro atoms. The van der Waals surface area contributed by atoms with Gasteiger partial charge in [-0.3, -0.25) is 29.2 Å². The van der Waals surface area contributed by atoms with E-state index >= 15 is 0 Å². The minimum absolute atomic E-state index is 0.0101. The second-order valence-corrected chi connectivity index (χ2v) is 7.24. The summed E-state index contributed by atoms with van der Waals surface area (Å²) in [4.78, 5) is 34.0. The molecule has 30 heavy (non-hydrogen) atoms. The van der Waals surface area contributed by atoms with E-state index in [1.54, 1.807) is 6.07 Å². The molecular weight excluding hydrogens is 420 g/mol. The number of aromatic nitrogens is 4. The fraction of sp³-hybridized carbons (Fsp3) is 0.312. The maximum absolute atomic E-state index is 12.4. The molecule has 2 aromatic heterocycles. The summed E-state index contributed by atoms with van der Waals surface area (Å²) in [5.74, 6) is -0.0101. The molecule has 1 fully saturated rings. The Balaban J connectivity index is 1.65. The smallest absolute Gasteiger partial charge is 0.284 e. The third kappa shape index (κ3) is 3.50. The highest BCUT2D eigenvalue weighted by Crippen LogP contribution is 2.32. The van der Waals surface area contributed by atoms with Crippen LogP contribution in [0.4, 0.5) is 11.6 Å². The molecule has 1 aliphatic rings. The second-order valence-electron chi connectivity index (χ2n) is 6.40. The number of benzene rings is 1. The highest BCUT2D eigenvalue weighted by molar-refractivity contribution is 8.00. The summed E-state index contributed by atoms with van der Waals surface area (Å²) in [6.07, 6.45) is -3.60. The molecule has 1 aromatic carbocycles. The minimum Gasteiger partial charge on any atom is -0.394 e. The number of aliphatic hydroxyl groups is 3. The number of aliphatic hydroxyl groups excluding tert-OH is 3. The van der Waals surface area contributed by atoms with Gasteiger partial charge in [-0.15, -0.1) is 0 Å². The van der Waals surface area contributed by atoms with Crippen molar-refractivity contribution >= 4 is 34.7 Å². The molecule has 3 aromatic rings. The summed E-state index contributed by atoms with van der Waals surface area (Å²) in [5.41, 5.74) is -0.681. The highest BCUT2D eigenvalue weighted by Gasteiger charge is 2.44. The lowest BCUT2D eigenvalue weighted by atomic mass is 10.1. The molecule has 0 saturated carbocycles. The van der Waals surface area contributed by atoms with E-state index in [-0.39, 0.29) is 22.8 Å². The van der Waals surface area contributed by atoms with Crippen molar-refractivity contribution < 1.29 is 25.0 Å². The molecule has 3 heterocycles. The van der Waals surface area contributed by atoms with Crippen LogP contribution in [0.3, 0.4) is 0 Å². The molecule has 0 radical (unpaired) electrons. The molecule has 13 nitrogen and oxygen atoms in total. The van der Waals surface area contributed by atoms with Crippen LogP contribution in [0.15, 0.2) is 40.3 Å². The van der Waals surface area contributed by atoms with Gasteiger partial charge in [-0.25, -0.2) is 4.98 Å². The van der Waals surface area contributed by atoms with Gasteiger partial charge in [-0.1, -0.05) is 12.1 Å². The molecule has 4 atom stereocenters. The monoisotopic (exact) mass is 436 g/mol. The number of hydrogen-bond donors (Lipinski definition) is 5. The van der Waals surface area contributed by atoms with Crippen LogP contribution in [-0.4, -0.2) is 64.7 Å². The minimum atomic E-state index is -1.38. The summed E-state index contributed by atoms with van der Waals surface area (Å²) >= 11 is 0.884. The maximum atomic E-state index is 12.4. The van der Waals surface area contributed by atoms with Crippen LogP contribution in [0, 0.1) is 10.1 Å². The van der Waals surface area contributed by atoms with Gasteiger partial charge in [-0.05, 0) is 18.0 Å². The molecule has 0 amide bonds. The highest BCUT2D eigenvalue weighted by atomic mass is 32.2. The van der Waals surface area contributed by atoms with E-state index in [2.05, 4.69) is 19.7 Å². The number of para-hydroxylation sites is 1. The van der Waals surface area contributed by atoms with E-state index in [1.165, 1.54) is 29.1 Å². The third-order valence-electron chi connectivity index (χ3n) is 4.54. The summed E-state index contributed by atoms with van der Waals surface area (Å²) in [5, 5.41) is 40.6. The number of H-pyrrole nitrogens is 1. The molecule has 0 bridgehead atoms. The van der Waals surface area contributed by atoms with Gasteiger partial charge in [0, 0.05) is 6.07 Å². The Morgan fingerprint density at radius 2 is 2.10 bits per heavy atom. The van der Waals surface area contributed by atoms with Crippen LogP contribution in [0.2, 0.25) is 0 Å². The van der Waals surface area contributed by atoms with Crippen LogP contribution in [0.25, 0.3) is 11.2 Å². The number of anilines is 1. The SMILES string of the molecule is O=c1[nH]c(NSc2ccccc2[N+](=O)[O-])nc2c1ncn2C1OC(CO)C(O)C1O. The summed E-state index contributed by atoms with van der Waals surface area (Å²) < 4.78 is 9.48. The molecule has 4 unspecified atom stereocenters. The zero-order valence-corrected chi connectivity index (χ0v) is 15.9. The van der Waals surface area contributed by atoms with E-state index in [1.807, 2.05) is 0 Å². The van der Waals surface area contributed by atoms with Gasteiger partial charge in [0.2, 0.25) is 5.95 Å². The molecule has 4 rings (SSSR count). The van der Waals surface area contributed by atoms with Crippen molar-refractivity contribution in [2.75, 3.05) is 11.3 Å². The maximum Gasteiger partial charge on any atom is 0.284 e. The van der Waals surface area contributed by atoms with E-state index in [9.17, 15) is 30.2 Å². The summed E-state index contributed by atoms with van der Waals surface area (Å²) in [6, 6.07) is 6.05. The van der Waals surface area contributed by atoms with Gasteiger partial charge in [0.1, 0.15) is 23.2 Å². The lowest BCUT2D eigenvalue weighted by Crippen LogP contribution is -2.33. The Kier molecular flexibility index (Phi) is 5.40. The largest absolute Gasteiger partial charge is 0.394 e. The first kappa shape index (κ1) is 20.2. The number of nitrogens with one attached hydrogen (secondary N) is 2. The van der Waals surface area contributed by atoms with Gasteiger partial charge < -0.3 is 20.1 Å². The number of aromatic amines is 1. The van der Waals surface area contributed by atoms with Crippen LogP contribution >= 0.6 is 11.9 Å². The topological polar surface area (TPSA) is 189 Å². The zero-order chi connectivity index (χ0) is 21.4. The van der Waals surface area contributed by atoms with Crippen molar-refractivity contribution in [1.29, 1.82) is 0 Å². The third-order valence-corrected chi connectivity index (χ3v) is 5.40. The number of nitrogens with zero attached hydrogens (tertiary/aromatic N) is 4. The van der Waals surface area contributed by atoms with Crippen LogP contribution < -0.4 is 10.3 Å². The first-order valence-electron chi connectivity index (χ1n) is 8.66. The van der Waals surface area contributed by atoms with E-state index in [4.69, 9.17) is 4.74 Å². The number of nitro groups is 1. The first-order valence-corrected chi connectivity index (χ1v) is 9.48. The van der Waals surface area contributed by atoms with Crippen LogP contribution in [0.5, 0.6) is 0 Å². The molecule has 14 heteroatoms. The molecule has 5 N–H and O–H groups in total. The van der Waals surface area contributed by atoms with E-state index in [0.29, 0.717) is 4.90 Å². The Hall–Kier alpha value is -3.04. The quantitative estimate of drug-likeness (QED) is 0.195.